The van der Waals surface area contributed by atoms with E-state index in [1.165, 1.54) is 16.3 Å². The average Bonchev–Trinajstić information content (AvgIpc) is 2.82. The number of hydrogen-bond donors (Lipinski definition) is 1. The second-order valence-electron chi connectivity index (χ2n) is 4.64. The van der Waals surface area contributed by atoms with Crippen LogP contribution in [0.3, 0.4) is 0 Å². The van der Waals surface area contributed by atoms with Crippen LogP contribution in [0.15, 0.2) is 42.5 Å². The SMILES string of the molecule is O[C@@H]1C[Se]C[C@H]1OCc1ccc2ccccc2c1. The van der Waals surface area contributed by atoms with Crippen molar-refractivity contribution < 1.29 is 9.84 Å². The fraction of sp³-hybridized carbons (Fsp3) is 0.333. The molecule has 18 heavy (non-hydrogen) atoms. The van der Waals surface area contributed by atoms with Crippen LogP contribution in [0.1, 0.15) is 5.56 Å². The van der Waals surface area contributed by atoms with Crippen LogP contribution in [0.25, 0.3) is 10.8 Å². The molecule has 3 heteroatoms. The van der Waals surface area contributed by atoms with E-state index in [0.717, 1.165) is 10.6 Å². The van der Waals surface area contributed by atoms with Gasteiger partial charge in [0.15, 0.2) is 0 Å². The molecular weight excluding hydrogens is 291 g/mol. The molecule has 3 rings (SSSR count). The summed E-state index contributed by atoms with van der Waals surface area (Å²) < 4.78 is 5.82. The number of hydrogen-bond acceptors (Lipinski definition) is 2. The molecule has 0 aliphatic carbocycles. The Labute approximate surface area is 113 Å². The van der Waals surface area contributed by atoms with Crippen molar-refractivity contribution in [3.8, 4) is 0 Å². The molecule has 0 spiro atoms. The summed E-state index contributed by atoms with van der Waals surface area (Å²) in [6.45, 7) is 0.600. The number of ether oxygens (including phenoxy) is 1. The summed E-state index contributed by atoms with van der Waals surface area (Å²) in [4.78, 5) is 0. The van der Waals surface area contributed by atoms with E-state index < -0.39 is 0 Å². The molecule has 1 N–H and O–H groups in total. The first-order chi connectivity index (χ1) is 8.83. The number of aliphatic hydroxyl groups excluding tert-OH is 1. The zero-order valence-electron chi connectivity index (χ0n) is 10.1. The van der Waals surface area contributed by atoms with Gasteiger partial charge in [-0.3, -0.25) is 0 Å². The van der Waals surface area contributed by atoms with E-state index in [-0.39, 0.29) is 12.2 Å². The Hall–Kier alpha value is -0.861. The molecule has 1 saturated heterocycles. The minimum atomic E-state index is -0.245. The molecule has 2 aromatic carbocycles. The Morgan fingerprint density at radius 2 is 1.94 bits per heavy atom. The van der Waals surface area contributed by atoms with Crippen LogP contribution in [-0.2, 0) is 11.3 Å². The monoisotopic (exact) mass is 308 g/mol. The number of rotatable bonds is 3. The third kappa shape index (κ3) is 2.60. The number of aliphatic hydroxyl groups is 1. The van der Waals surface area contributed by atoms with Crippen molar-refractivity contribution in [3.63, 3.8) is 0 Å². The van der Waals surface area contributed by atoms with Gasteiger partial charge in [0.2, 0.25) is 0 Å². The molecule has 1 aliphatic heterocycles. The molecule has 0 aromatic heterocycles. The van der Waals surface area contributed by atoms with Crippen LogP contribution in [0.5, 0.6) is 0 Å². The number of fused-ring (bicyclic) bond motifs is 1. The van der Waals surface area contributed by atoms with E-state index in [9.17, 15) is 5.11 Å². The van der Waals surface area contributed by atoms with Gasteiger partial charge in [0.25, 0.3) is 0 Å². The molecule has 0 bridgehead atoms. The van der Waals surface area contributed by atoms with Gasteiger partial charge in [-0.05, 0) is 0 Å². The minimum absolute atomic E-state index is 0.0523. The maximum atomic E-state index is 9.73. The Bertz CT molecular complexity index is 541. The van der Waals surface area contributed by atoms with Crippen molar-refractivity contribution in [1.82, 2.24) is 0 Å². The summed E-state index contributed by atoms with van der Waals surface area (Å²) >= 11 is 0.563. The van der Waals surface area contributed by atoms with Crippen molar-refractivity contribution >= 4 is 25.7 Å². The molecule has 94 valence electrons. The maximum absolute atomic E-state index is 9.73. The van der Waals surface area contributed by atoms with Gasteiger partial charge in [-0.1, -0.05) is 0 Å². The van der Waals surface area contributed by atoms with Crippen molar-refractivity contribution in [3.05, 3.63) is 48.0 Å². The normalized spacial score (nSPS) is 23.6. The third-order valence-electron chi connectivity index (χ3n) is 3.28. The van der Waals surface area contributed by atoms with Crippen LogP contribution in [0.2, 0.25) is 10.6 Å². The van der Waals surface area contributed by atoms with Gasteiger partial charge in [0, 0.05) is 0 Å². The second-order valence-corrected chi connectivity index (χ2v) is 6.89. The van der Waals surface area contributed by atoms with Gasteiger partial charge < -0.3 is 0 Å². The summed E-state index contributed by atoms with van der Waals surface area (Å²) in [5.74, 6) is 0. The van der Waals surface area contributed by atoms with Crippen molar-refractivity contribution in [2.75, 3.05) is 0 Å². The van der Waals surface area contributed by atoms with E-state index in [1.807, 2.05) is 0 Å². The van der Waals surface area contributed by atoms with Crippen LogP contribution in [-0.4, -0.2) is 32.3 Å². The van der Waals surface area contributed by atoms with E-state index in [4.69, 9.17) is 4.74 Å². The Balaban J connectivity index is 1.71. The molecule has 2 atom stereocenters. The predicted molar refractivity (Wildman–Crippen MR) is 73.9 cm³/mol. The molecule has 0 saturated carbocycles. The second kappa shape index (κ2) is 5.41. The van der Waals surface area contributed by atoms with Crippen molar-refractivity contribution in [2.45, 2.75) is 29.5 Å². The summed E-state index contributed by atoms with van der Waals surface area (Å²) in [7, 11) is 0. The summed E-state index contributed by atoms with van der Waals surface area (Å²) in [6.07, 6.45) is -0.193. The van der Waals surface area contributed by atoms with Crippen LogP contribution in [0.4, 0.5) is 0 Å². The molecular formula is C15H16O2Se. The van der Waals surface area contributed by atoms with E-state index in [2.05, 4.69) is 42.5 Å². The van der Waals surface area contributed by atoms with Crippen molar-refractivity contribution in [1.29, 1.82) is 0 Å². The van der Waals surface area contributed by atoms with Crippen molar-refractivity contribution in [2.24, 2.45) is 0 Å². The summed E-state index contributed by atoms with van der Waals surface area (Å²) in [5.41, 5.74) is 1.18. The van der Waals surface area contributed by atoms with E-state index >= 15 is 0 Å². The van der Waals surface area contributed by atoms with Gasteiger partial charge in [0.05, 0.1) is 0 Å². The Morgan fingerprint density at radius 1 is 1.11 bits per heavy atom. The number of benzene rings is 2. The van der Waals surface area contributed by atoms with Gasteiger partial charge in [-0.15, -0.1) is 0 Å². The zero-order valence-corrected chi connectivity index (χ0v) is 11.8. The molecule has 2 aromatic rings. The van der Waals surface area contributed by atoms with Gasteiger partial charge in [-0.2, -0.15) is 0 Å². The third-order valence-corrected chi connectivity index (χ3v) is 5.67. The Kier molecular flexibility index (Phi) is 3.67. The molecule has 1 heterocycles. The van der Waals surface area contributed by atoms with Crippen LogP contribution >= 0.6 is 0 Å². The van der Waals surface area contributed by atoms with Gasteiger partial charge in [-0.25, -0.2) is 0 Å². The summed E-state index contributed by atoms with van der Waals surface area (Å²) in [5, 5.41) is 14.2. The molecule has 1 aliphatic rings. The molecule has 1 fully saturated rings. The topological polar surface area (TPSA) is 29.5 Å². The average molecular weight is 307 g/mol. The van der Waals surface area contributed by atoms with E-state index in [0.29, 0.717) is 21.6 Å². The first-order valence-corrected chi connectivity index (χ1v) is 8.60. The first-order valence-electron chi connectivity index (χ1n) is 6.18. The standard InChI is InChI=1S/C15H16O2Se/c16-14-9-18-10-15(14)17-8-11-5-6-12-3-1-2-4-13(12)7-11/h1-7,14-16H,8-10H2/t14-,15-/m1/s1. The molecule has 0 unspecified atom stereocenters. The fourth-order valence-electron chi connectivity index (χ4n) is 2.21. The molecule has 0 amide bonds. The fourth-order valence-corrected chi connectivity index (χ4v) is 4.61. The van der Waals surface area contributed by atoms with Gasteiger partial charge >= 0.3 is 113 Å². The molecule has 2 nitrogen and oxygen atoms in total. The van der Waals surface area contributed by atoms with E-state index in [1.54, 1.807) is 0 Å². The Morgan fingerprint density at radius 3 is 2.72 bits per heavy atom. The zero-order chi connectivity index (χ0) is 12.4. The predicted octanol–water partition coefficient (Wildman–Crippen LogP) is 2.64. The molecule has 0 radical (unpaired) electrons. The van der Waals surface area contributed by atoms with Crippen LogP contribution in [0, 0.1) is 0 Å². The van der Waals surface area contributed by atoms with Crippen LogP contribution < -0.4 is 0 Å². The quantitative estimate of drug-likeness (QED) is 0.884. The first kappa shape index (κ1) is 12.2. The summed E-state index contributed by atoms with van der Waals surface area (Å²) in [6, 6.07) is 14.7. The van der Waals surface area contributed by atoms with Gasteiger partial charge in [0.1, 0.15) is 0 Å².